The zero-order valence-electron chi connectivity index (χ0n) is 8.64. The Morgan fingerprint density at radius 3 is 2.71 bits per heavy atom. The highest BCUT2D eigenvalue weighted by atomic mass is 16.2. The molecule has 0 saturated carbocycles. The molecule has 0 amide bonds. The summed E-state index contributed by atoms with van der Waals surface area (Å²) in [5.41, 5.74) is 0.400. The van der Waals surface area contributed by atoms with Crippen LogP contribution < -0.4 is 5.69 Å². The van der Waals surface area contributed by atoms with E-state index in [1.165, 1.54) is 9.20 Å². The van der Waals surface area contributed by atoms with Crippen molar-refractivity contribution in [1.29, 1.82) is 0 Å². The number of nitrogens with zero attached hydrogens (tertiary/aromatic N) is 4. The van der Waals surface area contributed by atoms with Crippen LogP contribution in [0.25, 0.3) is 5.65 Å². The van der Waals surface area contributed by atoms with Crippen LogP contribution in [0.3, 0.4) is 0 Å². The van der Waals surface area contributed by atoms with Gasteiger partial charge >= 0.3 is 5.69 Å². The van der Waals surface area contributed by atoms with E-state index in [0.717, 1.165) is 0 Å². The van der Waals surface area contributed by atoms with E-state index >= 15 is 0 Å². The van der Waals surface area contributed by atoms with Crippen LogP contribution >= 0.6 is 0 Å². The second-order valence-electron chi connectivity index (χ2n) is 2.39. The van der Waals surface area contributed by atoms with Crippen LogP contribution in [0.1, 0.15) is 20.8 Å². The smallest absolute Gasteiger partial charge is 0.244 e. The van der Waals surface area contributed by atoms with Crippen molar-refractivity contribution in [3.8, 4) is 0 Å². The van der Waals surface area contributed by atoms with E-state index < -0.39 is 0 Å². The van der Waals surface area contributed by atoms with Crippen molar-refractivity contribution in [3.63, 3.8) is 0 Å². The summed E-state index contributed by atoms with van der Waals surface area (Å²) < 4.78 is 2.66. The summed E-state index contributed by atoms with van der Waals surface area (Å²) in [6, 6.07) is 3.50. The lowest BCUT2D eigenvalue weighted by Crippen LogP contribution is -2.21. The third-order valence-electron chi connectivity index (χ3n) is 1.66. The summed E-state index contributed by atoms with van der Waals surface area (Å²) in [5.74, 6) is 0. The third-order valence-corrected chi connectivity index (χ3v) is 1.66. The molecule has 0 fully saturated rings. The van der Waals surface area contributed by atoms with Crippen molar-refractivity contribution in [2.75, 3.05) is 0 Å². The molecule has 0 aliphatic heterocycles. The average molecular weight is 194 g/mol. The van der Waals surface area contributed by atoms with Gasteiger partial charge in [0.25, 0.3) is 0 Å². The fourth-order valence-electron chi connectivity index (χ4n) is 1.07. The van der Waals surface area contributed by atoms with E-state index in [1.807, 2.05) is 20.8 Å². The molecule has 2 rings (SSSR count). The Hall–Kier alpha value is -1.65. The summed E-state index contributed by atoms with van der Waals surface area (Å²) in [4.78, 5) is 11.4. The molecule has 0 aliphatic rings. The standard InChI is InChI=1S/C7H8N4O.C2H6/c1-2-10-7(12)11-6(9-10)4-3-5-8-11;1-2/h3-5H,2H2,1H3;1-2H3. The Kier molecular flexibility index (Phi) is 3.39. The molecule has 0 saturated heterocycles. The monoisotopic (exact) mass is 194 g/mol. The number of aromatic nitrogens is 4. The molecule has 2 heterocycles. The Labute approximate surface area is 82.0 Å². The van der Waals surface area contributed by atoms with Gasteiger partial charge in [-0.15, -0.1) is 5.10 Å². The summed E-state index contributed by atoms with van der Waals surface area (Å²) in [6.07, 6.45) is 1.57. The van der Waals surface area contributed by atoms with E-state index in [-0.39, 0.29) is 5.69 Å². The highest BCUT2D eigenvalue weighted by Crippen LogP contribution is 1.90. The van der Waals surface area contributed by atoms with Crippen LogP contribution in [0.2, 0.25) is 0 Å². The molecule has 0 atom stereocenters. The number of fused-ring (bicyclic) bond motifs is 1. The SMILES string of the molecule is CC.CCn1nc2cccnn2c1=O. The van der Waals surface area contributed by atoms with E-state index in [1.54, 1.807) is 18.3 Å². The summed E-state index contributed by atoms with van der Waals surface area (Å²) in [6.45, 7) is 6.44. The van der Waals surface area contributed by atoms with Crippen molar-refractivity contribution >= 4 is 5.65 Å². The molecule has 76 valence electrons. The molecule has 0 aromatic carbocycles. The van der Waals surface area contributed by atoms with Gasteiger partial charge in [0.15, 0.2) is 5.65 Å². The fraction of sp³-hybridized carbons (Fsp3) is 0.444. The minimum Gasteiger partial charge on any atom is -0.244 e. The van der Waals surface area contributed by atoms with Gasteiger partial charge in [0.05, 0.1) is 0 Å². The maximum Gasteiger partial charge on any atom is 0.367 e. The first-order chi connectivity index (χ1) is 6.83. The summed E-state index contributed by atoms with van der Waals surface area (Å²) >= 11 is 0. The predicted molar refractivity (Wildman–Crippen MR) is 54.3 cm³/mol. The molecular weight excluding hydrogens is 180 g/mol. The van der Waals surface area contributed by atoms with Crippen molar-refractivity contribution in [2.45, 2.75) is 27.3 Å². The van der Waals surface area contributed by atoms with Gasteiger partial charge in [0.1, 0.15) is 0 Å². The molecule has 2 aromatic heterocycles. The molecule has 0 N–H and O–H groups in total. The molecule has 0 bridgehead atoms. The van der Waals surface area contributed by atoms with Crippen LogP contribution in [-0.2, 0) is 6.54 Å². The van der Waals surface area contributed by atoms with Gasteiger partial charge in [-0.25, -0.2) is 9.48 Å². The Morgan fingerprint density at radius 1 is 1.43 bits per heavy atom. The van der Waals surface area contributed by atoms with E-state index in [0.29, 0.717) is 12.2 Å². The highest BCUT2D eigenvalue weighted by Gasteiger charge is 2.03. The van der Waals surface area contributed by atoms with Gasteiger partial charge in [0, 0.05) is 12.7 Å². The zero-order chi connectivity index (χ0) is 10.6. The van der Waals surface area contributed by atoms with Crippen molar-refractivity contribution in [3.05, 3.63) is 28.8 Å². The largest absolute Gasteiger partial charge is 0.367 e. The maximum atomic E-state index is 11.4. The van der Waals surface area contributed by atoms with E-state index in [2.05, 4.69) is 10.2 Å². The van der Waals surface area contributed by atoms with Crippen molar-refractivity contribution < 1.29 is 0 Å². The highest BCUT2D eigenvalue weighted by molar-refractivity contribution is 5.32. The summed E-state index contributed by atoms with van der Waals surface area (Å²) in [5, 5.41) is 7.91. The van der Waals surface area contributed by atoms with Gasteiger partial charge < -0.3 is 0 Å². The Bertz CT molecular complexity index is 457. The molecule has 0 spiro atoms. The van der Waals surface area contributed by atoms with E-state index in [9.17, 15) is 4.79 Å². The second kappa shape index (κ2) is 4.55. The van der Waals surface area contributed by atoms with Crippen LogP contribution in [0.4, 0.5) is 0 Å². The predicted octanol–water partition coefficient (Wildman–Crippen LogP) is 0.937. The van der Waals surface area contributed by atoms with Gasteiger partial charge in [-0.1, -0.05) is 13.8 Å². The molecule has 5 nitrogen and oxygen atoms in total. The third kappa shape index (κ3) is 1.66. The van der Waals surface area contributed by atoms with Gasteiger partial charge in [-0.3, -0.25) is 0 Å². The normalized spacial score (nSPS) is 9.64. The first-order valence-corrected chi connectivity index (χ1v) is 4.74. The first kappa shape index (κ1) is 10.4. The minimum atomic E-state index is -0.187. The average Bonchev–Trinajstić information content (AvgIpc) is 2.59. The zero-order valence-corrected chi connectivity index (χ0v) is 8.64. The van der Waals surface area contributed by atoms with E-state index in [4.69, 9.17) is 0 Å². The molecular formula is C9H14N4O. The van der Waals surface area contributed by atoms with Crippen LogP contribution in [0, 0.1) is 0 Å². The quantitative estimate of drug-likeness (QED) is 0.678. The number of hydrogen-bond acceptors (Lipinski definition) is 3. The van der Waals surface area contributed by atoms with Crippen molar-refractivity contribution in [1.82, 2.24) is 19.4 Å². The molecule has 0 radical (unpaired) electrons. The Balaban J connectivity index is 0.000000461. The van der Waals surface area contributed by atoms with Crippen LogP contribution in [0.5, 0.6) is 0 Å². The fourth-order valence-corrected chi connectivity index (χ4v) is 1.07. The van der Waals surface area contributed by atoms with Crippen LogP contribution in [0.15, 0.2) is 23.1 Å². The lowest BCUT2D eigenvalue weighted by Gasteiger charge is -1.85. The molecule has 2 aromatic rings. The lowest BCUT2D eigenvalue weighted by atomic mass is 10.6. The topological polar surface area (TPSA) is 52.2 Å². The lowest BCUT2D eigenvalue weighted by molar-refractivity contribution is 0.626. The van der Waals surface area contributed by atoms with Gasteiger partial charge in [-0.2, -0.15) is 9.61 Å². The Morgan fingerprint density at radius 2 is 2.14 bits per heavy atom. The molecule has 5 heteroatoms. The number of hydrogen-bond donors (Lipinski definition) is 0. The molecule has 14 heavy (non-hydrogen) atoms. The van der Waals surface area contributed by atoms with Crippen molar-refractivity contribution in [2.24, 2.45) is 0 Å². The number of rotatable bonds is 1. The molecule has 0 aliphatic carbocycles. The molecule has 0 unspecified atom stereocenters. The second-order valence-corrected chi connectivity index (χ2v) is 2.39. The first-order valence-electron chi connectivity index (χ1n) is 4.74. The summed E-state index contributed by atoms with van der Waals surface area (Å²) in [7, 11) is 0. The minimum absolute atomic E-state index is 0.187. The van der Waals surface area contributed by atoms with Gasteiger partial charge in [0.2, 0.25) is 0 Å². The van der Waals surface area contributed by atoms with Crippen LogP contribution in [-0.4, -0.2) is 19.4 Å². The van der Waals surface area contributed by atoms with Gasteiger partial charge in [-0.05, 0) is 19.1 Å². The number of aryl methyl sites for hydroxylation is 1. The maximum absolute atomic E-state index is 11.4.